The first-order valence-electron chi connectivity index (χ1n) is 13.8. The van der Waals surface area contributed by atoms with Crippen LogP contribution in [0.4, 0.5) is 5.69 Å². The third-order valence-electron chi connectivity index (χ3n) is 7.43. The van der Waals surface area contributed by atoms with E-state index in [9.17, 15) is 14.7 Å². The van der Waals surface area contributed by atoms with Crippen molar-refractivity contribution in [2.24, 2.45) is 5.73 Å². The van der Waals surface area contributed by atoms with E-state index < -0.39 is 11.1 Å². The minimum absolute atomic E-state index is 0.118. The average molecular weight is 529 g/mol. The molecule has 0 saturated heterocycles. The van der Waals surface area contributed by atoms with Gasteiger partial charge in [-0.3, -0.25) is 14.6 Å². The molecule has 3 aromatic rings. The van der Waals surface area contributed by atoms with E-state index in [1.807, 2.05) is 67.6 Å². The second kappa shape index (κ2) is 12.1. The van der Waals surface area contributed by atoms with Crippen LogP contribution in [0.2, 0.25) is 0 Å². The summed E-state index contributed by atoms with van der Waals surface area (Å²) in [6.45, 7) is 4.89. The Bertz CT molecular complexity index is 1270. The number of carbonyl (C=O) groups is 2. The minimum atomic E-state index is -0.686. The smallest absolute Gasteiger partial charge is 0.221 e. The number of pyridine rings is 1. The SMILES string of the molecule is CC(=O)NC1CCCCC1.CC(=O)Nc1cnc(-c2ccc(C3(N)CC(C)(O)C3)cc2)c(-c2ccccc2)c1. The summed E-state index contributed by atoms with van der Waals surface area (Å²) in [6.07, 6.45) is 9.05. The molecule has 0 spiro atoms. The molecule has 0 radical (unpaired) electrons. The Morgan fingerprint density at radius 1 is 0.923 bits per heavy atom. The van der Waals surface area contributed by atoms with Gasteiger partial charge in [0.25, 0.3) is 0 Å². The maximum atomic E-state index is 11.5. The first-order valence-corrected chi connectivity index (χ1v) is 13.8. The Kier molecular flexibility index (Phi) is 8.83. The number of nitrogens with one attached hydrogen (secondary N) is 2. The van der Waals surface area contributed by atoms with Gasteiger partial charge in [-0.1, -0.05) is 73.9 Å². The molecule has 2 amide bonds. The van der Waals surface area contributed by atoms with Gasteiger partial charge in [-0.15, -0.1) is 0 Å². The van der Waals surface area contributed by atoms with Crippen LogP contribution in [-0.2, 0) is 15.1 Å². The molecule has 7 nitrogen and oxygen atoms in total. The van der Waals surface area contributed by atoms with E-state index in [-0.39, 0.29) is 11.8 Å². The predicted molar refractivity (Wildman–Crippen MR) is 156 cm³/mol. The summed E-state index contributed by atoms with van der Waals surface area (Å²) >= 11 is 0. The third kappa shape index (κ3) is 7.52. The van der Waals surface area contributed by atoms with Crippen molar-refractivity contribution in [3.8, 4) is 22.4 Å². The summed E-state index contributed by atoms with van der Waals surface area (Å²) < 4.78 is 0. The zero-order chi connectivity index (χ0) is 28.0. The molecule has 1 aromatic heterocycles. The van der Waals surface area contributed by atoms with Crippen LogP contribution in [0.3, 0.4) is 0 Å². The number of amides is 2. The lowest BCUT2D eigenvalue weighted by Gasteiger charge is -2.49. The van der Waals surface area contributed by atoms with Gasteiger partial charge in [0, 0.05) is 36.6 Å². The van der Waals surface area contributed by atoms with Gasteiger partial charge in [-0.05, 0) is 49.8 Å². The molecule has 2 aliphatic rings. The van der Waals surface area contributed by atoms with Gasteiger partial charge >= 0.3 is 0 Å². The fraction of sp³-hybridized carbons (Fsp3) is 0.406. The van der Waals surface area contributed by atoms with Crippen molar-refractivity contribution in [1.29, 1.82) is 0 Å². The van der Waals surface area contributed by atoms with Gasteiger partial charge in [-0.2, -0.15) is 0 Å². The van der Waals surface area contributed by atoms with Crippen molar-refractivity contribution in [1.82, 2.24) is 10.3 Å². The summed E-state index contributed by atoms with van der Waals surface area (Å²) in [4.78, 5) is 26.7. The van der Waals surface area contributed by atoms with Gasteiger partial charge in [0.1, 0.15) is 0 Å². The molecular weight excluding hydrogens is 488 g/mol. The number of rotatable bonds is 5. The van der Waals surface area contributed by atoms with Crippen LogP contribution < -0.4 is 16.4 Å². The van der Waals surface area contributed by atoms with E-state index in [1.165, 1.54) is 39.0 Å². The molecule has 2 saturated carbocycles. The summed E-state index contributed by atoms with van der Waals surface area (Å²) in [5.41, 5.74) is 10.7. The monoisotopic (exact) mass is 528 g/mol. The van der Waals surface area contributed by atoms with Crippen molar-refractivity contribution in [2.45, 2.75) is 82.9 Å². The van der Waals surface area contributed by atoms with Crippen molar-refractivity contribution >= 4 is 17.5 Å². The quantitative estimate of drug-likeness (QED) is 0.347. The average Bonchev–Trinajstić information content (AvgIpc) is 2.88. The Morgan fingerprint density at radius 3 is 2.13 bits per heavy atom. The van der Waals surface area contributed by atoms with Crippen molar-refractivity contribution in [2.75, 3.05) is 5.32 Å². The number of hydrogen-bond acceptors (Lipinski definition) is 5. The molecule has 1 heterocycles. The number of carbonyl (C=O) groups excluding carboxylic acids is 2. The number of aromatic nitrogens is 1. The van der Waals surface area contributed by atoms with E-state index in [0.717, 1.165) is 27.9 Å². The Morgan fingerprint density at radius 2 is 1.56 bits per heavy atom. The zero-order valence-electron chi connectivity index (χ0n) is 23.2. The van der Waals surface area contributed by atoms with Crippen LogP contribution in [0.1, 0.15) is 71.3 Å². The highest BCUT2D eigenvalue weighted by Gasteiger charge is 2.49. The number of nitrogens with two attached hydrogens (primary N) is 1. The molecule has 0 atom stereocenters. The van der Waals surface area contributed by atoms with Gasteiger partial charge in [-0.25, -0.2) is 0 Å². The van der Waals surface area contributed by atoms with E-state index in [2.05, 4.69) is 15.6 Å². The Labute approximate surface area is 231 Å². The van der Waals surface area contributed by atoms with E-state index in [4.69, 9.17) is 5.73 Å². The molecule has 0 bridgehead atoms. The summed E-state index contributed by atoms with van der Waals surface area (Å²) in [5, 5.41) is 15.8. The lowest BCUT2D eigenvalue weighted by Crippen LogP contribution is -2.58. The van der Waals surface area contributed by atoms with Crippen LogP contribution in [0.15, 0.2) is 66.9 Å². The standard InChI is InChI=1S/C24H25N3O2.C8H15NO/c1-16(28)27-20-12-21(17-6-4-3-5-7-17)22(26-13-20)18-8-10-19(11-9-18)24(25)14-23(2,29)15-24;1-7(10)9-8-5-3-2-4-6-8/h3-13,29H,14-15,25H2,1-2H3,(H,27,28);8H,2-6H2,1H3,(H,9,10). The number of benzene rings is 2. The van der Waals surface area contributed by atoms with Crippen molar-refractivity contribution in [3.05, 3.63) is 72.4 Å². The van der Waals surface area contributed by atoms with Crippen LogP contribution >= 0.6 is 0 Å². The van der Waals surface area contributed by atoms with E-state index in [1.54, 1.807) is 13.1 Å². The van der Waals surface area contributed by atoms with Crippen LogP contribution in [0.5, 0.6) is 0 Å². The number of aliphatic hydroxyl groups is 1. The fourth-order valence-corrected chi connectivity index (χ4v) is 5.81. The number of anilines is 1. The highest BCUT2D eigenvalue weighted by atomic mass is 16.3. The Hall–Kier alpha value is -3.55. The zero-order valence-corrected chi connectivity index (χ0v) is 23.2. The third-order valence-corrected chi connectivity index (χ3v) is 7.43. The minimum Gasteiger partial charge on any atom is -0.390 e. The summed E-state index contributed by atoms with van der Waals surface area (Å²) in [6, 6.07) is 20.5. The number of hydrogen-bond donors (Lipinski definition) is 4. The summed E-state index contributed by atoms with van der Waals surface area (Å²) in [7, 11) is 0. The molecule has 2 aliphatic carbocycles. The topological polar surface area (TPSA) is 117 Å². The van der Waals surface area contributed by atoms with E-state index >= 15 is 0 Å². The fourth-order valence-electron chi connectivity index (χ4n) is 5.81. The maximum absolute atomic E-state index is 11.5. The largest absolute Gasteiger partial charge is 0.390 e. The molecule has 0 aliphatic heterocycles. The molecule has 39 heavy (non-hydrogen) atoms. The predicted octanol–water partition coefficient (Wildman–Crippen LogP) is 5.53. The van der Waals surface area contributed by atoms with Crippen LogP contribution in [-0.4, -0.2) is 33.5 Å². The van der Waals surface area contributed by atoms with Crippen LogP contribution in [0.25, 0.3) is 22.4 Å². The lowest BCUT2D eigenvalue weighted by atomic mass is 9.63. The second-order valence-corrected chi connectivity index (χ2v) is 11.3. The first-order chi connectivity index (χ1) is 18.5. The van der Waals surface area contributed by atoms with Crippen molar-refractivity contribution in [3.63, 3.8) is 0 Å². The van der Waals surface area contributed by atoms with Gasteiger partial charge in [0.05, 0.1) is 23.2 Å². The molecule has 2 aromatic carbocycles. The molecule has 7 heteroatoms. The first kappa shape index (κ1) is 28.5. The summed E-state index contributed by atoms with van der Waals surface area (Å²) in [5.74, 6) is -0.0144. The lowest BCUT2D eigenvalue weighted by molar-refractivity contribution is -0.120. The highest BCUT2D eigenvalue weighted by Crippen LogP contribution is 2.46. The molecule has 0 unspecified atom stereocenters. The second-order valence-electron chi connectivity index (χ2n) is 11.3. The maximum Gasteiger partial charge on any atom is 0.221 e. The van der Waals surface area contributed by atoms with E-state index in [0.29, 0.717) is 24.6 Å². The van der Waals surface area contributed by atoms with Crippen molar-refractivity contribution < 1.29 is 14.7 Å². The van der Waals surface area contributed by atoms with Crippen LogP contribution in [0, 0.1) is 0 Å². The molecule has 5 rings (SSSR count). The number of nitrogens with zero attached hydrogens (tertiary/aromatic N) is 1. The molecule has 5 N–H and O–H groups in total. The molecule has 206 valence electrons. The van der Waals surface area contributed by atoms with Gasteiger partial charge in [0.2, 0.25) is 11.8 Å². The van der Waals surface area contributed by atoms with Gasteiger partial charge in [0.15, 0.2) is 0 Å². The molecular formula is C32H40N4O3. The molecule has 2 fully saturated rings. The highest BCUT2D eigenvalue weighted by molar-refractivity contribution is 5.91. The normalized spacial score (nSPS) is 22.6. The van der Waals surface area contributed by atoms with Gasteiger partial charge < -0.3 is 21.5 Å². The Balaban J connectivity index is 0.000000298.